The summed E-state index contributed by atoms with van der Waals surface area (Å²) in [6, 6.07) is 7.16. The summed E-state index contributed by atoms with van der Waals surface area (Å²) in [4.78, 5) is 43.3. The Morgan fingerprint density at radius 3 is 2.46 bits per heavy atom. The zero-order chi connectivity index (χ0) is 26.5. The summed E-state index contributed by atoms with van der Waals surface area (Å²) in [7, 11) is 3.31. The molecule has 0 bridgehead atoms. The standard InChI is InChI=1S/C25H36N6O6/c1-28-8-7-18(24(33)34)13-21(28)27-23(26)17-3-5-19(6-4-17)31-15-20(37-25(31)35)14-29-9-11-30(12-10-29)16-22(32)36-2/h3-6,18,20-21H,7-16H2,1-2H3,(H2,26,27)(H,33,34). The Morgan fingerprint density at radius 2 is 1.81 bits per heavy atom. The topological polar surface area (TPSA) is 139 Å². The van der Waals surface area contributed by atoms with Crippen LogP contribution in [0.4, 0.5) is 10.5 Å². The third kappa shape index (κ3) is 6.76. The maximum Gasteiger partial charge on any atom is 0.414 e. The normalized spacial score (nSPS) is 25.5. The van der Waals surface area contributed by atoms with E-state index < -0.39 is 11.9 Å². The molecule has 1 aromatic carbocycles. The maximum absolute atomic E-state index is 12.6. The second kappa shape index (κ2) is 11.9. The minimum Gasteiger partial charge on any atom is -0.481 e. The number of amides is 1. The summed E-state index contributed by atoms with van der Waals surface area (Å²) in [6.07, 6.45) is 0.180. The van der Waals surface area contributed by atoms with Crippen LogP contribution in [-0.2, 0) is 19.1 Å². The molecule has 3 heterocycles. The van der Waals surface area contributed by atoms with Crippen LogP contribution < -0.4 is 10.2 Å². The highest BCUT2D eigenvalue weighted by molar-refractivity contribution is 5.97. The van der Waals surface area contributed by atoms with Gasteiger partial charge in [0.2, 0.25) is 0 Å². The zero-order valence-electron chi connectivity index (χ0n) is 21.4. The molecular weight excluding hydrogens is 480 g/mol. The van der Waals surface area contributed by atoms with Gasteiger partial charge in [-0.1, -0.05) is 0 Å². The molecule has 0 radical (unpaired) electrons. The molecule has 37 heavy (non-hydrogen) atoms. The molecular formula is C25H36N6O6. The minimum absolute atomic E-state index is 0.211. The van der Waals surface area contributed by atoms with Crippen molar-refractivity contribution in [2.45, 2.75) is 25.1 Å². The molecule has 3 N–H and O–H groups in total. The number of amidine groups is 1. The number of carboxylic acid groups (broad SMARTS) is 1. The molecule has 4 rings (SSSR count). The van der Waals surface area contributed by atoms with Crippen molar-refractivity contribution < 1.29 is 29.0 Å². The zero-order valence-corrected chi connectivity index (χ0v) is 21.4. The smallest absolute Gasteiger partial charge is 0.414 e. The van der Waals surface area contributed by atoms with E-state index in [1.165, 1.54) is 7.11 Å². The van der Waals surface area contributed by atoms with Gasteiger partial charge in [0.15, 0.2) is 0 Å². The molecule has 1 aromatic rings. The molecule has 3 aliphatic heterocycles. The number of nitrogens with zero attached hydrogens (tertiary/aromatic N) is 4. The summed E-state index contributed by atoms with van der Waals surface area (Å²) < 4.78 is 10.3. The summed E-state index contributed by atoms with van der Waals surface area (Å²) in [5.41, 5.74) is 1.36. The fourth-order valence-electron chi connectivity index (χ4n) is 5.03. The fraction of sp³-hybridized carbons (Fsp3) is 0.600. The third-order valence-corrected chi connectivity index (χ3v) is 7.38. The van der Waals surface area contributed by atoms with Crippen LogP contribution >= 0.6 is 0 Å². The number of anilines is 1. The molecule has 0 spiro atoms. The number of hydrogen-bond donors (Lipinski definition) is 3. The first-order valence-electron chi connectivity index (χ1n) is 12.6. The number of carbonyl (C=O) groups excluding carboxylic acids is 2. The number of rotatable bonds is 8. The van der Waals surface area contributed by atoms with Crippen LogP contribution in [0.25, 0.3) is 0 Å². The number of piperazine rings is 1. The molecule has 12 nitrogen and oxygen atoms in total. The number of aliphatic carboxylic acids is 1. The quantitative estimate of drug-likeness (QED) is 0.254. The molecule has 0 aliphatic carbocycles. The Morgan fingerprint density at radius 1 is 1.14 bits per heavy atom. The Hall–Kier alpha value is -3.22. The van der Waals surface area contributed by atoms with Crippen molar-refractivity contribution in [2.75, 3.05) is 71.4 Å². The number of hydrogen-bond acceptors (Lipinski definition) is 9. The van der Waals surface area contributed by atoms with Gasteiger partial charge in [0, 0.05) is 50.5 Å². The van der Waals surface area contributed by atoms with E-state index in [1.807, 2.05) is 11.9 Å². The fourth-order valence-corrected chi connectivity index (χ4v) is 5.03. The van der Waals surface area contributed by atoms with Gasteiger partial charge < -0.3 is 19.9 Å². The molecule has 3 fully saturated rings. The molecule has 12 heteroatoms. The monoisotopic (exact) mass is 516 g/mol. The number of methoxy groups -OCH3 is 1. The number of ether oxygens (including phenoxy) is 2. The largest absolute Gasteiger partial charge is 0.481 e. The summed E-state index contributed by atoms with van der Waals surface area (Å²) in [5, 5.41) is 20.9. The molecule has 3 unspecified atom stereocenters. The summed E-state index contributed by atoms with van der Waals surface area (Å²) in [5.74, 6) is -1.24. The minimum atomic E-state index is -0.799. The molecule has 0 aromatic heterocycles. The van der Waals surface area contributed by atoms with Crippen LogP contribution in [0.2, 0.25) is 0 Å². The number of nitrogens with one attached hydrogen (secondary N) is 2. The van der Waals surface area contributed by atoms with Crippen LogP contribution in [0.15, 0.2) is 24.3 Å². The molecule has 1 amide bonds. The van der Waals surface area contributed by atoms with Crippen molar-refractivity contribution >= 4 is 29.6 Å². The Labute approximate surface area is 216 Å². The lowest BCUT2D eigenvalue weighted by Gasteiger charge is -2.36. The first kappa shape index (κ1) is 26.8. The molecule has 202 valence electrons. The number of piperidine rings is 1. The van der Waals surface area contributed by atoms with Gasteiger partial charge in [-0.05, 0) is 44.2 Å². The van der Waals surface area contributed by atoms with Gasteiger partial charge in [-0.2, -0.15) is 0 Å². The highest BCUT2D eigenvalue weighted by Gasteiger charge is 2.34. The van der Waals surface area contributed by atoms with Gasteiger partial charge in [0.05, 0.1) is 32.3 Å². The van der Waals surface area contributed by atoms with E-state index in [-0.39, 0.29) is 30.2 Å². The Balaban J connectivity index is 1.27. The van der Waals surface area contributed by atoms with Crippen LogP contribution in [0.1, 0.15) is 18.4 Å². The van der Waals surface area contributed by atoms with Crippen molar-refractivity contribution in [3.63, 3.8) is 0 Å². The van der Waals surface area contributed by atoms with Gasteiger partial charge in [-0.25, -0.2) is 4.79 Å². The first-order valence-corrected chi connectivity index (χ1v) is 12.6. The predicted octanol–water partition coefficient (Wildman–Crippen LogP) is 0.470. The highest BCUT2D eigenvalue weighted by atomic mass is 16.6. The summed E-state index contributed by atoms with van der Waals surface area (Å²) in [6.45, 7) is 5.12. The Kier molecular flexibility index (Phi) is 8.62. The lowest BCUT2D eigenvalue weighted by molar-refractivity contribution is -0.144. The number of benzene rings is 1. The number of cyclic esters (lactones) is 1. The maximum atomic E-state index is 12.6. The number of esters is 1. The van der Waals surface area contributed by atoms with E-state index in [1.54, 1.807) is 29.2 Å². The predicted molar refractivity (Wildman–Crippen MR) is 136 cm³/mol. The molecule has 0 saturated carbocycles. The van der Waals surface area contributed by atoms with E-state index in [0.717, 1.165) is 26.2 Å². The number of carboxylic acids is 1. The summed E-state index contributed by atoms with van der Waals surface area (Å²) >= 11 is 0. The SMILES string of the molecule is COC(=O)CN1CCN(CC2CN(c3ccc(C(=N)NC4CC(C(=O)O)CCN4C)cc3)C(=O)O2)CC1. The van der Waals surface area contributed by atoms with Crippen LogP contribution in [0, 0.1) is 11.3 Å². The lowest BCUT2D eigenvalue weighted by Crippen LogP contribution is -2.51. The third-order valence-electron chi connectivity index (χ3n) is 7.38. The molecule has 3 aliphatic rings. The van der Waals surface area contributed by atoms with Crippen molar-refractivity contribution in [3.8, 4) is 0 Å². The highest BCUT2D eigenvalue weighted by Crippen LogP contribution is 2.24. The van der Waals surface area contributed by atoms with Gasteiger partial charge in [-0.3, -0.25) is 34.6 Å². The Bertz CT molecular complexity index is 996. The van der Waals surface area contributed by atoms with Crippen LogP contribution in [0.3, 0.4) is 0 Å². The lowest BCUT2D eigenvalue weighted by atomic mass is 9.94. The van der Waals surface area contributed by atoms with Crippen LogP contribution in [-0.4, -0.2) is 122 Å². The average molecular weight is 517 g/mol. The van der Waals surface area contributed by atoms with E-state index in [2.05, 4.69) is 15.1 Å². The van der Waals surface area contributed by atoms with E-state index in [0.29, 0.717) is 50.3 Å². The van der Waals surface area contributed by atoms with Crippen molar-refractivity contribution in [1.82, 2.24) is 20.0 Å². The molecule has 3 saturated heterocycles. The van der Waals surface area contributed by atoms with Gasteiger partial charge in [0.25, 0.3) is 0 Å². The van der Waals surface area contributed by atoms with Crippen molar-refractivity contribution in [1.29, 1.82) is 5.41 Å². The number of carbonyl (C=O) groups is 3. The van der Waals surface area contributed by atoms with E-state index in [4.69, 9.17) is 14.9 Å². The van der Waals surface area contributed by atoms with Crippen molar-refractivity contribution in [2.24, 2.45) is 5.92 Å². The average Bonchev–Trinajstić information content (AvgIpc) is 3.26. The number of likely N-dealkylation sites (tertiary alicyclic amines) is 1. The second-order valence-corrected chi connectivity index (χ2v) is 9.89. The van der Waals surface area contributed by atoms with Crippen molar-refractivity contribution in [3.05, 3.63) is 29.8 Å². The van der Waals surface area contributed by atoms with Gasteiger partial charge >= 0.3 is 18.0 Å². The van der Waals surface area contributed by atoms with E-state index >= 15 is 0 Å². The second-order valence-electron chi connectivity index (χ2n) is 9.89. The van der Waals surface area contributed by atoms with Crippen LogP contribution in [0.5, 0.6) is 0 Å². The van der Waals surface area contributed by atoms with Gasteiger partial charge in [0.1, 0.15) is 11.9 Å². The van der Waals surface area contributed by atoms with Gasteiger partial charge in [-0.15, -0.1) is 0 Å². The first-order chi connectivity index (χ1) is 17.7. The molecule has 3 atom stereocenters. The van der Waals surface area contributed by atoms with E-state index in [9.17, 15) is 19.5 Å².